The molecule has 2 heterocycles. The molecule has 0 saturated carbocycles. The van der Waals surface area contributed by atoms with Gasteiger partial charge in [-0.2, -0.15) is 0 Å². The van der Waals surface area contributed by atoms with Crippen molar-refractivity contribution in [2.45, 2.75) is 33.2 Å². The van der Waals surface area contributed by atoms with Gasteiger partial charge < -0.3 is 10.2 Å². The summed E-state index contributed by atoms with van der Waals surface area (Å²) in [6.45, 7) is 7.17. The van der Waals surface area contributed by atoms with E-state index in [1.807, 2.05) is 6.20 Å². The second-order valence-electron chi connectivity index (χ2n) is 5.67. The number of rotatable bonds is 4. The van der Waals surface area contributed by atoms with Gasteiger partial charge in [0.05, 0.1) is 5.69 Å². The Morgan fingerprint density at radius 3 is 3.00 bits per heavy atom. The van der Waals surface area contributed by atoms with E-state index in [9.17, 15) is 0 Å². The van der Waals surface area contributed by atoms with E-state index in [4.69, 9.17) is 0 Å². The molecule has 2 aromatic rings. The van der Waals surface area contributed by atoms with Crippen LogP contribution in [0.5, 0.6) is 0 Å². The summed E-state index contributed by atoms with van der Waals surface area (Å²) >= 11 is 0. The molecule has 21 heavy (non-hydrogen) atoms. The molecule has 110 valence electrons. The van der Waals surface area contributed by atoms with E-state index in [-0.39, 0.29) is 0 Å². The minimum absolute atomic E-state index is 0.832. The average molecular weight is 281 g/mol. The van der Waals surface area contributed by atoms with Crippen molar-refractivity contribution in [3.63, 3.8) is 0 Å². The van der Waals surface area contributed by atoms with Crippen LogP contribution in [0.2, 0.25) is 0 Å². The summed E-state index contributed by atoms with van der Waals surface area (Å²) < 4.78 is 0. The number of nitrogens with zero attached hydrogens (tertiary/aromatic N) is 2. The smallest absolute Gasteiger partial charge is 0.0562 e. The SMILES string of the molecule is CCNCc1cc(N2CCCc3cc(C)ccc32)ccn1. The van der Waals surface area contributed by atoms with E-state index in [0.29, 0.717) is 0 Å². The molecule has 0 amide bonds. The fourth-order valence-corrected chi connectivity index (χ4v) is 2.98. The zero-order valence-electron chi connectivity index (χ0n) is 12.9. The summed E-state index contributed by atoms with van der Waals surface area (Å²) in [7, 11) is 0. The van der Waals surface area contributed by atoms with Gasteiger partial charge in [0.25, 0.3) is 0 Å². The quantitative estimate of drug-likeness (QED) is 0.928. The van der Waals surface area contributed by atoms with E-state index < -0.39 is 0 Å². The van der Waals surface area contributed by atoms with Crippen LogP contribution in [0.15, 0.2) is 36.5 Å². The lowest BCUT2D eigenvalue weighted by atomic mass is 9.99. The number of hydrogen-bond donors (Lipinski definition) is 1. The fraction of sp³-hybridized carbons (Fsp3) is 0.389. The Morgan fingerprint density at radius 1 is 1.24 bits per heavy atom. The molecular formula is C18H23N3. The van der Waals surface area contributed by atoms with Crippen molar-refractivity contribution < 1.29 is 0 Å². The molecule has 0 aliphatic carbocycles. The van der Waals surface area contributed by atoms with Gasteiger partial charge in [-0.1, -0.05) is 24.6 Å². The van der Waals surface area contributed by atoms with Crippen LogP contribution < -0.4 is 10.2 Å². The average Bonchev–Trinajstić information content (AvgIpc) is 2.52. The molecule has 3 rings (SSSR count). The predicted molar refractivity (Wildman–Crippen MR) is 88.1 cm³/mol. The third-order valence-electron chi connectivity index (χ3n) is 4.02. The van der Waals surface area contributed by atoms with Crippen LogP contribution in [0.3, 0.4) is 0 Å². The van der Waals surface area contributed by atoms with Crippen molar-refractivity contribution in [3.8, 4) is 0 Å². The Morgan fingerprint density at radius 2 is 2.14 bits per heavy atom. The molecule has 1 N–H and O–H groups in total. The molecule has 0 atom stereocenters. The van der Waals surface area contributed by atoms with Crippen LogP contribution in [-0.2, 0) is 13.0 Å². The van der Waals surface area contributed by atoms with Gasteiger partial charge in [-0.25, -0.2) is 0 Å². The topological polar surface area (TPSA) is 28.2 Å². The summed E-state index contributed by atoms with van der Waals surface area (Å²) in [4.78, 5) is 6.88. The van der Waals surface area contributed by atoms with Gasteiger partial charge in [-0.15, -0.1) is 0 Å². The van der Waals surface area contributed by atoms with Gasteiger partial charge in [-0.05, 0) is 50.1 Å². The highest BCUT2D eigenvalue weighted by Crippen LogP contribution is 2.33. The zero-order valence-corrected chi connectivity index (χ0v) is 12.9. The van der Waals surface area contributed by atoms with Gasteiger partial charge in [0.2, 0.25) is 0 Å². The van der Waals surface area contributed by atoms with E-state index >= 15 is 0 Å². The van der Waals surface area contributed by atoms with E-state index in [1.165, 1.54) is 35.3 Å². The summed E-state index contributed by atoms with van der Waals surface area (Å²) in [6.07, 6.45) is 4.31. The Balaban J connectivity index is 1.91. The van der Waals surface area contributed by atoms with Crippen molar-refractivity contribution in [3.05, 3.63) is 53.3 Å². The first-order valence-electron chi connectivity index (χ1n) is 7.80. The highest BCUT2D eigenvalue weighted by atomic mass is 15.1. The molecule has 1 aromatic carbocycles. The van der Waals surface area contributed by atoms with Gasteiger partial charge >= 0.3 is 0 Å². The first-order valence-corrected chi connectivity index (χ1v) is 7.80. The number of nitrogens with one attached hydrogen (secondary N) is 1. The monoisotopic (exact) mass is 281 g/mol. The lowest BCUT2D eigenvalue weighted by molar-refractivity contribution is 0.709. The Labute approximate surface area is 127 Å². The molecule has 3 heteroatoms. The Kier molecular flexibility index (Phi) is 4.20. The maximum Gasteiger partial charge on any atom is 0.0562 e. The van der Waals surface area contributed by atoms with Crippen LogP contribution in [0.4, 0.5) is 11.4 Å². The first kappa shape index (κ1) is 14.1. The standard InChI is InChI=1S/C18H23N3/c1-3-19-13-16-12-17(8-9-20-16)21-10-4-5-15-11-14(2)6-7-18(15)21/h6-9,11-12,19H,3-5,10,13H2,1-2H3. The fourth-order valence-electron chi connectivity index (χ4n) is 2.98. The van der Waals surface area contributed by atoms with Crippen molar-refractivity contribution in [2.24, 2.45) is 0 Å². The van der Waals surface area contributed by atoms with Gasteiger partial charge in [-0.3, -0.25) is 4.98 Å². The molecule has 0 bridgehead atoms. The van der Waals surface area contributed by atoms with Crippen LogP contribution >= 0.6 is 0 Å². The number of hydrogen-bond acceptors (Lipinski definition) is 3. The van der Waals surface area contributed by atoms with Crippen LogP contribution in [-0.4, -0.2) is 18.1 Å². The molecule has 0 fully saturated rings. The summed E-state index contributed by atoms with van der Waals surface area (Å²) in [6, 6.07) is 11.1. The van der Waals surface area contributed by atoms with Crippen molar-refractivity contribution in [2.75, 3.05) is 18.0 Å². The van der Waals surface area contributed by atoms with Gasteiger partial charge in [0.15, 0.2) is 0 Å². The molecular weight excluding hydrogens is 258 g/mol. The van der Waals surface area contributed by atoms with E-state index in [2.05, 4.69) is 59.4 Å². The Bertz CT molecular complexity index is 622. The summed E-state index contributed by atoms with van der Waals surface area (Å²) in [5, 5.41) is 3.34. The first-order chi connectivity index (χ1) is 10.3. The summed E-state index contributed by atoms with van der Waals surface area (Å²) in [5.74, 6) is 0. The maximum atomic E-state index is 4.45. The van der Waals surface area contributed by atoms with Crippen LogP contribution in [0.25, 0.3) is 0 Å². The lowest BCUT2D eigenvalue weighted by Gasteiger charge is -2.31. The minimum Gasteiger partial charge on any atom is -0.341 e. The normalized spacial score (nSPS) is 14.1. The second-order valence-corrected chi connectivity index (χ2v) is 5.67. The van der Waals surface area contributed by atoms with E-state index in [1.54, 1.807) is 0 Å². The molecule has 1 aliphatic heterocycles. The number of aryl methyl sites for hydroxylation is 2. The maximum absolute atomic E-state index is 4.45. The molecule has 0 radical (unpaired) electrons. The third-order valence-corrected chi connectivity index (χ3v) is 4.02. The number of aromatic nitrogens is 1. The summed E-state index contributed by atoms with van der Waals surface area (Å²) in [5.41, 5.74) is 6.52. The number of fused-ring (bicyclic) bond motifs is 1. The highest BCUT2D eigenvalue weighted by Gasteiger charge is 2.18. The molecule has 0 saturated heterocycles. The number of benzene rings is 1. The number of pyridine rings is 1. The lowest BCUT2D eigenvalue weighted by Crippen LogP contribution is -2.25. The largest absolute Gasteiger partial charge is 0.341 e. The molecule has 3 nitrogen and oxygen atoms in total. The molecule has 0 unspecified atom stereocenters. The predicted octanol–water partition coefficient (Wildman–Crippen LogP) is 3.58. The Hall–Kier alpha value is -1.87. The third kappa shape index (κ3) is 3.08. The van der Waals surface area contributed by atoms with Gasteiger partial charge in [0.1, 0.15) is 0 Å². The van der Waals surface area contributed by atoms with E-state index in [0.717, 1.165) is 25.3 Å². The molecule has 0 spiro atoms. The van der Waals surface area contributed by atoms with Crippen LogP contribution in [0.1, 0.15) is 30.2 Å². The second kappa shape index (κ2) is 6.27. The molecule has 1 aromatic heterocycles. The molecule has 1 aliphatic rings. The van der Waals surface area contributed by atoms with Crippen LogP contribution in [0, 0.1) is 6.92 Å². The highest BCUT2D eigenvalue weighted by molar-refractivity contribution is 5.68. The number of anilines is 2. The van der Waals surface area contributed by atoms with Crippen molar-refractivity contribution in [1.82, 2.24) is 10.3 Å². The zero-order chi connectivity index (χ0) is 14.7. The van der Waals surface area contributed by atoms with Crippen molar-refractivity contribution in [1.29, 1.82) is 0 Å². The minimum atomic E-state index is 0.832. The van der Waals surface area contributed by atoms with Gasteiger partial charge in [0, 0.05) is 30.7 Å². The van der Waals surface area contributed by atoms with Crippen molar-refractivity contribution >= 4 is 11.4 Å².